The molecule has 0 aromatic carbocycles. The Labute approximate surface area is 109 Å². The molecule has 0 saturated heterocycles. The van der Waals surface area contributed by atoms with Crippen molar-refractivity contribution in [1.82, 2.24) is 19.5 Å². The highest BCUT2D eigenvalue weighted by Crippen LogP contribution is 2.20. The van der Waals surface area contributed by atoms with Crippen LogP contribution in [0.3, 0.4) is 0 Å². The molecule has 0 fully saturated rings. The number of fused-ring (bicyclic) bond motifs is 1. The molecule has 0 aliphatic rings. The van der Waals surface area contributed by atoms with Crippen LogP contribution < -0.4 is 10.5 Å². The highest BCUT2D eigenvalue weighted by atomic mass is 16.5. The van der Waals surface area contributed by atoms with E-state index in [2.05, 4.69) is 15.0 Å². The number of pyridine rings is 2. The molecule has 0 bridgehead atoms. The van der Waals surface area contributed by atoms with Gasteiger partial charge in [0, 0.05) is 18.5 Å². The van der Waals surface area contributed by atoms with Crippen LogP contribution in [-0.4, -0.2) is 26.6 Å². The first-order valence-electron chi connectivity index (χ1n) is 5.83. The largest absolute Gasteiger partial charge is 0.481 e. The van der Waals surface area contributed by atoms with Gasteiger partial charge in [-0.3, -0.25) is 9.55 Å². The van der Waals surface area contributed by atoms with E-state index in [1.165, 1.54) is 0 Å². The number of anilines is 1. The van der Waals surface area contributed by atoms with Crippen LogP contribution in [0.1, 0.15) is 5.56 Å². The van der Waals surface area contributed by atoms with Gasteiger partial charge in [-0.25, -0.2) is 4.98 Å². The van der Waals surface area contributed by atoms with Gasteiger partial charge in [0.1, 0.15) is 5.52 Å². The lowest BCUT2D eigenvalue weighted by atomic mass is 10.3. The molecule has 3 aromatic heterocycles. The van der Waals surface area contributed by atoms with Gasteiger partial charge in [-0.1, -0.05) is 0 Å². The second-order valence-corrected chi connectivity index (χ2v) is 4.11. The summed E-state index contributed by atoms with van der Waals surface area (Å²) < 4.78 is 6.99. The molecule has 0 atom stereocenters. The summed E-state index contributed by atoms with van der Waals surface area (Å²) in [6.45, 7) is 0.602. The van der Waals surface area contributed by atoms with Crippen LogP contribution in [0.2, 0.25) is 0 Å². The first-order chi connectivity index (χ1) is 9.28. The Morgan fingerprint density at radius 2 is 1.95 bits per heavy atom. The van der Waals surface area contributed by atoms with Crippen molar-refractivity contribution in [3.8, 4) is 5.88 Å². The molecule has 3 heterocycles. The standard InChI is InChI=1S/C13H13N5O/c1-19-11-3-2-10-12(17-11)18(13(14)16-10)8-9-4-6-15-7-5-9/h2-7H,8H2,1H3,(H2,14,16). The number of hydrogen-bond donors (Lipinski definition) is 1. The Hall–Kier alpha value is -2.63. The maximum Gasteiger partial charge on any atom is 0.215 e. The Bertz CT molecular complexity index is 708. The van der Waals surface area contributed by atoms with Crippen molar-refractivity contribution in [2.24, 2.45) is 0 Å². The highest BCUT2D eigenvalue weighted by Gasteiger charge is 2.10. The summed E-state index contributed by atoms with van der Waals surface area (Å²) in [5.74, 6) is 0.982. The van der Waals surface area contributed by atoms with Crippen molar-refractivity contribution in [3.63, 3.8) is 0 Å². The van der Waals surface area contributed by atoms with Crippen molar-refractivity contribution in [2.45, 2.75) is 6.54 Å². The van der Waals surface area contributed by atoms with E-state index in [-0.39, 0.29) is 0 Å². The molecule has 2 N–H and O–H groups in total. The van der Waals surface area contributed by atoms with Gasteiger partial charge in [-0.2, -0.15) is 4.98 Å². The minimum absolute atomic E-state index is 0.438. The monoisotopic (exact) mass is 255 g/mol. The van der Waals surface area contributed by atoms with Gasteiger partial charge < -0.3 is 10.5 Å². The zero-order chi connectivity index (χ0) is 13.2. The number of nitrogens with two attached hydrogens (primary N) is 1. The number of methoxy groups -OCH3 is 1. The second-order valence-electron chi connectivity index (χ2n) is 4.11. The number of aromatic nitrogens is 4. The number of nitrogen functional groups attached to an aromatic ring is 1. The molecule has 0 saturated carbocycles. The van der Waals surface area contributed by atoms with Crippen LogP contribution in [0, 0.1) is 0 Å². The third-order valence-corrected chi connectivity index (χ3v) is 2.90. The van der Waals surface area contributed by atoms with Gasteiger partial charge in [-0.15, -0.1) is 0 Å². The fourth-order valence-electron chi connectivity index (χ4n) is 1.94. The van der Waals surface area contributed by atoms with E-state index in [1.54, 1.807) is 25.6 Å². The molecule has 0 amide bonds. The fourth-order valence-corrected chi connectivity index (χ4v) is 1.94. The quantitative estimate of drug-likeness (QED) is 0.766. The molecule has 6 heteroatoms. The van der Waals surface area contributed by atoms with Crippen molar-refractivity contribution in [3.05, 3.63) is 42.2 Å². The molecule has 0 spiro atoms. The summed E-state index contributed by atoms with van der Waals surface area (Å²) in [5.41, 5.74) is 8.51. The zero-order valence-corrected chi connectivity index (χ0v) is 10.4. The minimum Gasteiger partial charge on any atom is -0.481 e. The number of ether oxygens (including phenoxy) is 1. The van der Waals surface area contributed by atoms with Gasteiger partial charge >= 0.3 is 0 Å². The number of nitrogens with zero attached hydrogens (tertiary/aromatic N) is 4. The van der Waals surface area contributed by atoms with Gasteiger partial charge in [0.15, 0.2) is 5.65 Å². The van der Waals surface area contributed by atoms with Gasteiger partial charge in [-0.05, 0) is 23.8 Å². The predicted octanol–water partition coefficient (Wildman–Crippen LogP) is 1.47. The molecule has 6 nitrogen and oxygen atoms in total. The number of rotatable bonds is 3. The normalized spacial score (nSPS) is 10.8. The molecule has 0 unspecified atom stereocenters. The summed E-state index contributed by atoms with van der Waals surface area (Å²) in [7, 11) is 1.58. The molecule has 3 rings (SSSR count). The molecule has 19 heavy (non-hydrogen) atoms. The Morgan fingerprint density at radius 3 is 2.68 bits per heavy atom. The maximum absolute atomic E-state index is 5.95. The summed E-state index contributed by atoms with van der Waals surface area (Å²) >= 11 is 0. The lowest BCUT2D eigenvalue weighted by molar-refractivity contribution is 0.399. The van der Waals surface area contributed by atoms with Crippen LogP contribution in [0.4, 0.5) is 5.95 Å². The minimum atomic E-state index is 0.438. The average molecular weight is 255 g/mol. The molecular weight excluding hydrogens is 242 g/mol. The van der Waals surface area contributed by atoms with Crippen molar-refractivity contribution in [2.75, 3.05) is 12.8 Å². The molecular formula is C13H13N5O. The van der Waals surface area contributed by atoms with E-state index in [0.29, 0.717) is 24.0 Å². The van der Waals surface area contributed by atoms with Gasteiger partial charge in [0.2, 0.25) is 11.8 Å². The van der Waals surface area contributed by atoms with E-state index in [4.69, 9.17) is 10.5 Å². The maximum atomic E-state index is 5.95. The molecule has 0 radical (unpaired) electrons. The Balaban J connectivity index is 2.09. The first-order valence-corrected chi connectivity index (χ1v) is 5.83. The summed E-state index contributed by atoms with van der Waals surface area (Å²) in [6.07, 6.45) is 3.50. The lowest BCUT2D eigenvalue weighted by Crippen LogP contribution is -2.05. The fraction of sp³-hybridized carbons (Fsp3) is 0.154. The topological polar surface area (TPSA) is 78.9 Å². The van der Waals surface area contributed by atoms with Gasteiger partial charge in [0.25, 0.3) is 0 Å². The van der Waals surface area contributed by atoms with Crippen molar-refractivity contribution < 1.29 is 4.74 Å². The summed E-state index contributed by atoms with van der Waals surface area (Å²) in [6, 6.07) is 7.49. The van der Waals surface area contributed by atoms with E-state index >= 15 is 0 Å². The Morgan fingerprint density at radius 1 is 1.16 bits per heavy atom. The van der Waals surface area contributed by atoms with E-state index in [1.807, 2.05) is 22.8 Å². The summed E-state index contributed by atoms with van der Waals surface area (Å²) in [4.78, 5) is 12.7. The van der Waals surface area contributed by atoms with Crippen LogP contribution in [-0.2, 0) is 6.54 Å². The predicted molar refractivity (Wildman–Crippen MR) is 71.8 cm³/mol. The van der Waals surface area contributed by atoms with Crippen molar-refractivity contribution >= 4 is 17.1 Å². The molecule has 0 aliphatic carbocycles. The highest BCUT2D eigenvalue weighted by molar-refractivity contribution is 5.74. The van der Waals surface area contributed by atoms with E-state index < -0.39 is 0 Å². The smallest absolute Gasteiger partial charge is 0.215 e. The lowest BCUT2D eigenvalue weighted by Gasteiger charge is -2.06. The number of hydrogen-bond acceptors (Lipinski definition) is 5. The first kappa shape index (κ1) is 11.5. The molecule has 3 aromatic rings. The average Bonchev–Trinajstić information content (AvgIpc) is 2.76. The van der Waals surface area contributed by atoms with Crippen molar-refractivity contribution in [1.29, 1.82) is 0 Å². The van der Waals surface area contributed by atoms with E-state index in [9.17, 15) is 0 Å². The van der Waals surface area contributed by atoms with Crippen LogP contribution in [0.5, 0.6) is 5.88 Å². The SMILES string of the molecule is COc1ccc2nc(N)n(Cc3ccncc3)c2n1. The Kier molecular flexibility index (Phi) is 2.75. The third kappa shape index (κ3) is 2.08. The van der Waals surface area contributed by atoms with E-state index in [0.717, 1.165) is 11.1 Å². The van der Waals surface area contributed by atoms with Crippen LogP contribution in [0.25, 0.3) is 11.2 Å². The van der Waals surface area contributed by atoms with Crippen LogP contribution >= 0.6 is 0 Å². The second kappa shape index (κ2) is 4.56. The zero-order valence-electron chi connectivity index (χ0n) is 10.4. The van der Waals surface area contributed by atoms with Crippen LogP contribution in [0.15, 0.2) is 36.7 Å². The van der Waals surface area contributed by atoms with Gasteiger partial charge in [0.05, 0.1) is 13.7 Å². The third-order valence-electron chi connectivity index (χ3n) is 2.90. The number of imidazole rings is 1. The molecule has 96 valence electrons. The molecule has 0 aliphatic heterocycles. The summed E-state index contributed by atoms with van der Waals surface area (Å²) in [5, 5.41) is 0.